The van der Waals surface area contributed by atoms with Crippen molar-refractivity contribution in [3.63, 3.8) is 0 Å². The summed E-state index contributed by atoms with van der Waals surface area (Å²) in [6, 6.07) is 4.74. The van der Waals surface area contributed by atoms with E-state index >= 15 is 0 Å². The minimum Gasteiger partial charge on any atom is -0.435 e. The monoisotopic (exact) mass is 471 g/mol. The highest BCUT2D eigenvalue weighted by Crippen LogP contribution is 2.31. The molecule has 0 saturated heterocycles. The molecule has 0 saturated carbocycles. The van der Waals surface area contributed by atoms with Crippen LogP contribution in [0.5, 0.6) is 5.75 Å². The molecule has 4 aromatic rings. The minimum absolute atomic E-state index is 0.0342. The summed E-state index contributed by atoms with van der Waals surface area (Å²) in [5, 5.41) is 8.19. The van der Waals surface area contributed by atoms with E-state index < -0.39 is 6.61 Å². The number of alkyl halides is 2. The third-order valence-electron chi connectivity index (χ3n) is 5.33. The van der Waals surface area contributed by atoms with Gasteiger partial charge >= 0.3 is 6.61 Å². The summed E-state index contributed by atoms with van der Waals surface area (Å²) in [5.74, 6) is -0.210. The molecule has 2 N–H and O–H groups in total. The predicted molar refractivity (Wildman–Crippen MR) is 125 cm³/mol. The van der Waals surface area contributed by atoms with Gasteiger partial charge in [-0.05, 0) is 51.7 Å². The molecule has 0 spiro atoms. The third kappa shape index (κ3) is 4.98. The SMILES string of the molecule is CCCNC(=O)c1c[nH]c2ncc(-c3nn(CCCN(C)C)c4ccc(OC(F)F)cc34)nc12. The van der Waals surface area contributed by atoms with Crippen LogP contribution >= 0.6 is 0 Å². The second-order valence-corrected chi connectivity index (χ2v) is 8.20. The molecule has 180 valence electrons. The highest BCUT2D eigenvalue weighted by atomic mass is 19.3. The normalized spacial score (nSPS) is 11.7. The van der Waals surface area contributed by atoms with Gasteiger partial charge in [-0.25, -0.2) is 9.97 Å². The number of halogens is 2. The molecule has 3 aromatic heterocycles. The maximum absolute atomic E-state index is 12.8. The summed E-state index contributed by atoms with van der Waals surface area (Å²) in [4.78, 5) is 26.7. The Kier molecular flexibility index (Phi) is 7.01. The number of H-pyrrole nitrogens is 1. The van der Waals surface area contributed by atoms with E-state index in [1.54, 1.807) is 18.5 Å². The van der Waals surface area contributed by atoms with Gasteiger partial charge in [0.25, 0.3) is 5.91 Å². The van der Waals surface area contributed by atoms with Crippen molar-refractivity contribution in [3.05, 3.63) is 36.2 Å². The number of benzene rings is 1. The predicted octanol–water partition coefficient (Wildman–Crippen LogP) is 3.67. The summed E-state index contributed by atoms with van der Waals surface area (Å²) >= 11 is 0. The number of carbonyl (C=O) groups excluding carboxylic acids is 1. The number of fused-ring (bicyclic) bond motifs is 2. The Balaban J connectivity index is 1.79. The Hall–Kier alpha value is -3.60. The van der Waals surface area contributed by atoms with Crippen molar-refractivity contribution in [1.29, 1.82) is 0 Å². The maximum Gasteiger partial charge on any atom is 0.387 e. The molecule has 0 atom stereocenters. The fourth-order valence-electron chi connectivity index (χ4n) is 3.74. The van der Waals surface area contributed by atoms with Crippen molar-refractivity contribution < 1.29 is 18.3 Å². The van der Waals surface area contributed by atoms with Crippen LogP contribution in [0.4, 0.5) is 8.78 Å². The lowest BCUT2D eigenvalue weighted by Crippen LogP contribution is -2.23. The average molecular weight is 472 g/mol. The Labute approximate surface area is 195 Å². The van der Waals surface area contributed by atoms with Crippen LogP contribution in [-0.2, 0) is 6.54 Å². The van der Waals surface area contributed by atoms with Gasteiger partial charge < -0.3 is 19.9 Å². The number of amides is 1. The van der Waals surface area contributed by atoms with Gasteiger partial charge in [0, 0.05) is 24.7 Å². The van der Waals surface area contributed by atoms with Crippen molar-refractivity contribution in [3.8, 4) is 17.1 Å². The lowest BCUT2D eigenvalue weighted by atomic mass is 10.1. The molecular formula is C23H27F2N7O2. The molecule has 0 radical (unpaired) electrons. The van der Waals surface area contributed by atoms with Gasteiger partial charge in [0.2, 0.25) is 0 Å². The van der Waals surface area contributed by atoms with Gasteiger partial charge in [-0.3, -0.25) is 9.48 Å². The molecule has 0 aliphatic heterocycles. The fraction of sp³-hybridized carbons (Fsp3) is 0.391. The Bertz CT molecular complexity index is 1300. The van der Waals surface area contributed by atoms with E-state index in [1.165, 1.54) is 12.1 Å². The quantitative estimate of drug-likeness (QED) is 0.366. The summed E-state index contributed by atoms with van der Waals surface area (Å²) < 4.78 is 32.1. The zero-order valence-corrected chi connectivity index (χ0v) is 19.3. The molecule has 0 fully saturated rings. The largest absolute Gasteiger partial charge is 0.435 e. The van der Waals surface area contributed by atoms with E-state index in [9.17, 15) is 13.6 Å². The highest BCUT2D eigenvalue weighted by molar-refractivity contribution is 6.05. The molecule has 0 unspecified atom stereocenters. The first kappa shape index (κ1) is 23.6. The van der Waals surface area contributed by atoms with E-state index in [0.717, 1.165) is 24.9 Å². The second kappa shape index (κ2) is 10.1. The Morgan fingerprint density at radius 3 is 2.88 bits per heavy atom. The zero-order valence-electron chi connectivity index (χ0n) is 19.3. The lowest BCUT2D eigenvalue weighted by Gasteiger charge is -2.09. The third-order valence-corrected chi connectivity index (χ3v) is 5.33. The van der Waals surface area contributed by atoms with Crippen molar-refractivity contribution in [2.45, 2.75) is 32.9 Å². The number of nitrogens with zero attached hydrogens (tertiary/aromatic N) is 5. The van der Waals surface area contributed by atoms with Crippen LogP contribution < -0.4 is 10.1 Å². The minimum atomic E-state index is -2.93. The van der Waals surface area contributed by atoms with E-state index in [1.807, 2.05) is 25.7 Å². The number of rotatable bonds is 10. The number of hydrogen-bond acceptors (Lipinski definition) is 6. The van der Waals surface area contributed by atoms with Crippen molar-refractivity contribution >= 4 is 28.0 Å². The summed E-state index contributed by atoms with van der Waals surface area (Å²) in [6.45, 7) is 1.09. The van der Waals surface area contributed by atoms with Crippen LogP contribution in [0.15, 0.2) is 30.6 Å². The van der Waals surface area contributed by atoms with Gasteiger partial charge in [-0.1, -0.05) is 6.92 Å². The summed E-state index contributed by atoms with van der Waals surface area (Å²) in [5.41, 5.74) is 2.96. The first-order chi connectivity index (χ1) is 16.4. The van der Waals surface area contributed by atoms with E-state index in [-0.39, 0.29) is 11.7 Å². The molecule has 3 heterocycles. The van der Waals surface area contributed by atoms with E-state index in [2.05, 4.69) is 29.9 Å². The Morgan fingerprint density at radius 1 is 1.32 bits per heavy atom. The standard InChI is InChI=1S/C23H27F2N7O2/c1-4-8-26-22(33)16-12-27-21-20(16)29-17(13-28-21)19-15-11-14(34-23(24)25)6-7-18(15)32(30-19)10-5-9-31(2)3/h6-7,11-13,23H,4-5,8-10H2,1-3H3,(H,26,33)(H,27,28). The first-order valence-electron chi connectivity index (χ1n) is 11.1. The topological polar surface area (TPSA) is 101 Å². The molecule has 1 aromatic carbocycles. The van der Waals surface area contributed by atoms with E-state index in [0.29, 0.717) is 46.6 Å². The molecule has 34 heavy (non-hydrogen) atoms. The molecule has 1 amide bonds. The molecule has 0 aliphatic rings. The fourth-order valence-corrected chi connectivity index (χ4v) is 3.74. The summed E-state index contributed by atoms with van der Waals surface area (Å²) in [7, 11) is 3.99. The molecule has 9 nitrogen and oxygen atoms in total. The number of aromatic amines is 1. The molecule has 0 aliphatic carbocycles. The second-order valence-electron chi connectivity index (χ2n) is 8.20. The van der Waals surface area contributed by atoms with Gasteiger partial charge in [0.1, 0.15) is 22.7 Å². The molecule has 11 heteroatoms. The van der Waals surface area contributed by atoms with Crippen LogP contribution in [0.1, 0.15) is 30.1 Å². The van der Waals surface area contributed by atoms with Crippen LogP contribution in [0.3, 0.4) is 0 Å². The highest BCUT2D eigenvalue weighted by Gasteiger charge is 2.19. The smallest absolute Gasteiger partial charge is 0.387 e. The van der Waals surface area contributed by atoms with Gasteiger partial charge in [-0.2, -0.15) is 13.9 Å². The van der Waals surface area contributed by atoms with Crippen molar-refractivity contribution in [2.24, 2.45) is 0 Å². The first-order valence-corrected chi connectivity index (χ1v) is 11.1. The van der Waals surface area contributed by atoms with E-state index in [4.69, 9.17) is 5.10 Å². The van der Waals surface area contributed by atoms with Crippen LogP contribution in [0.2, 0.25) is 0 Å². The summed E-state index contributed by atoms with van der Waals surface area (Å²) in [6.07, 6.45) is 4.79. The van der Waals surface area contributed by atoms with Crippen LogP contribution in [0.25, 0.3) is 33.5 Å². The van der Waals surface area contributed by atoms with Gasteiger partial charge in [0.05, 0.1) is 17.3 Å². The van der Waals surface area contributed by atoms with Crippen molar-refractivity contribution in [2.75, 3.05) is 27.2 Å². The number of aromatic nitrogens is 5. The molecule has 0 bridgehead atoms. The number of carbonyl (C=O) groups is 1. The molecular weight excluding hydrogens is 444 g/mol. The number of hydrogen-bond donors (Lipinski definition) is 2. The molecule has 4 rings (SSSR count). The number of ether oxygens (including phenoxy) is 1. The number of nitrogens with one attached hydrogen (secondary N) is 2. The lowest BCUT2D eigenvalue weighted by molar-refractivity contribution is -0.0497. The number of aryl methyl sites for hydroxylation is 1. The van der Waals surface area contributed by atoms with Crippen LogP contribution in [-0.4, -0.2) is 69.3 Å². The van der Waals surface area contributed by atoms with Crippen LogP contribution in [0, 0.1) is 0 Å². The van der Waals surface area contributed by atoms with Crippen molar-refractivity contribution in [1.82, 2.24) is 34.9 Å². The average Bonchev–Trinajstić information content (AvgIpc) is 3.38. The Morgan fingerprint density at radius 2 is 2.15 bits per heavy atom. The zero-order chi connectivity index (χ0) is 24.2. The van der Waals surface area contributed by atoms with Gasteiger partial charge in [-0.15, -0.1) is 0 Å². The van der Waals surface area contributed by atoms with Gasteiger partial charge in [0.15, 0.2) is 5.65 Å². The maximum atomic E-state index is 12.8.